The number of aromatic nitrogens is 3. The Kier molecular flexibility index (Phi) is 6.22. The molecule has 3 heterocycles. The molecule has 0 spiro atoms. The SMILES string of the molecule is COc1ccc2cc1OCCCC(=O)N(C)CCN(C)Cc1c[nH]c3ncnc(c13)N2. The van der Waals surface area contributed by atoms with E-state index in [-0.39, 0.29) is 5.91 Å². The summed E-state index contributed by atoms with van der Waals surface area (Å²) in [6.07, 6.45) is 4.59. The number of likely N-dealkylation sites (N-methyl/N-ethyl adjacent to an activating group) is 2. The number of hydrogen-bond acceptors (Lipinski definition) is 7. The maximum absolute atomic E-state index is 12.4. The van der Waals surface area contributed by atoms with Gasteiger partial charge < -0.3 is 29.6 Å². The average Bonchev–Trinajstić information content (AvgIpc) is 3.18. The number of H-pyrrole nitrogens is 1. The van der Waals surface area contributed by atoms with Crippen LogP contribution in [0.25, 0.3) is 11.0 Å². The molecule has 0 saturated carbocycles. The highest BCUT2D eigenvalue weighted by Crippen LogP contribution is 2.33. The lowest BCUT2D eigenvalue weighted by atomic mass is 10.2. The first-order chi connectivity index (χ1) is 15.0. The molecule has 3 aromatic rings. The number of ether oxygens (including phenoxy) is 2. The first-order valence-corrected chi connectivity index (χ1v) is 10.4. The molecule has 164 valence electrons. The molecule has 2 N–H and O–H groups in total. The van der Waals surface area contributed by atoms with Crippen LogP contribution in [-0.4, -0.2) is 71.6 Å². The van der Waals surface area contributed by atoms with Crippen LogP contribution in [-0.2, 0) is 11.3 Å². The molecule has 0 aliphatic carbocycles. The Labute approximate surface area is 181 Å². The minimum absolute atomic E-state index is 0.117. The molecule has 0 radical (unpaired) electrons. The van der Waals surface area contributed by atoms with Crippen LogP contribution in [0.5, 0.6) is 11.5 Å². The second-order valence-corrected chi connectivity index (χ2v) is 7.76. The topological polar surface area (TPSA) is 95.6 Å². The average molecular weight is 425 g/mol. The monoisotopic (exact) mass is 424 g/mol. The lowest BCUT2D eigenvalue weighted by molar-refractivity contribution is -0.130. The molecule has 0 atom stereocenters. The summed E-state index contributed by atoms with van der Waals surface area (Å²) in [5.74, 6) is 2.11. The van der Waals surface area contributed by atoms with Gasteiger partial charge in [0.25, 0.3) is 0 Å². The molecule has 1 aliphatic rings. The molecule has 0 saturated heterocycles. The summed E-state index contributed by atoms with van der Waals surface area (Å²) in [6, 6.07) is 5.66. The molecule has 0 unspecified atom stereocenters. The van der Waals surface area contributed by atoms with Crippen molar-refractivity contribution in [3.05, 3.63) is 36.3 Å². The number of aromatic amines is 1. The number of hydrogen-bond donors (Lipinski definition) is 2. The standard InChI is InChI=1S/C22H28N6O3/c1-27-8-9-28(2)19(29)5-4-10-31-18-11-16(6-7-17(18)30-3)26-22-20-15(13-27)12-23-21(20)24-14-25-22/h6-7,11-12,14H,4-5,8-10,13H2,1-3H3,(H2,23,24,25,26). The number of carbonyl (C=O) groups is 1. The van der Waals surface area contributed by atoms with Crippen molar-refractivity contribution in [3.63, 3.8) is 0 Å². The van der Waals surface area contributed by atoms with Gasteiger partial charge in [-0.1, -0.05) is 0 Å². The van der Waals surface area contributed by atoms with Gasteiger partial charge in [0.1, 0.15) is 17.8 Å². The quantitative estimate of drug-likeness (QED) is 0.620. The number of amides is 1. The lowest BCUT2D eigenvalue weighted by Gasteiger charge is -2.22. The molecule has 2 aromatic heterocycles. The predicted molar refractivity (Wildman–Crippen MR) is 119 cm³/mol. The van der Waals surface area contributed by atoms with Gasteiger partial charge in [0, 0.05) is 51.1 Å². The van der Waals surface area contributed by atoms with Crippen molar-refractivity contribution in [2.75, 3.05) is 46.2 Å². The number of methoxy groups -OCH3 is 1. The number of anilines is 2. The molecule has 9 heteroatoms. The Morgan fingerprint density at radius 1 is 1.19 bits per heavy atom. The van der Waals surface area contributed by atoms with Gasteiger partial charge in [-0.3, -0.25) is 4.79 Å². The Morgan fingerprint density at radius 2 is 2.06 bits per heavy atom. The molecule has 1 aromatic carbocycles. The van der Waals surface area contributed by atoms with Gasteiger partial charge in [-0.25, -0.2) is 9.97 Å². The molecule has 9 nitrogen and oxygen atoms in total. The minimum Gasteiger partial charge on any atom is -0.493 e. The summed E-state index contributed by atoms with van der Waals surface area (Å²) >= 11 is 0. The summed E-state index contributed by atoms with van der Waals surface area (Å²) in [7, 11) is 5.50. The maximum Gasteiger partial charge on any atom is 0.222 e. The van der Waals surface area contributed by atoms with Crippen LogP contribution in [0.1, 0.15) is 18.4 Å². The number of carbonyl (C=O) groups excluding carboxylic acids is 1. The van der Waals surface area contributed by atoms with Crippen molar-refractivity contribution >= 4 is 28.4 Å². The van der Waals surface area contributed by atoms with Crippen molar-refractivity contribution in [3.8, 4) is 11.5 Å². The van der Waals surface area contributed by atoms with Crippen molar-refractivity contribution in [1.82, 2.24) is 24.8 Å². The zero-order valence-electron chi connectivity index (χ0n) is 18.1. The number of rotatable bonds is 1. The zero-order valence-corrected chi connectivity index (χ0v) is 18.1. The van der Waals surface area contributed by atoms with E-state index in [1.807, 2.05) is 38.5 Å². The van der Waals surface area contributed by atoms with E-state index >= 15 is 0 Å². The number of fused-ring (bicyclic) bond motifs is 2. The minimum atomic E-state index is 0.117. The largest absolute Gasteiger partial charge is 0.493 e. The van der Waals surface area contributed by atoms with Gasteiger partial charge in [0.15, 0.2) is 11.5 Å². The van der Waals surface area contributed by atoms with Gasteiger partial charge in [-0.2, -0.15) is 0 Å². The first kappa shape index (κ1) is 20.9. The summed E-state index contributed by atoms with van der Waals surface area (Å²) in [6.45, 7) is 2.56. The molecule has 1 amide bonds. The molecular weight excluding hydrogens is 396 g/mol. The predicted octanol–water partition coefficient (Wildman–Crippen LogP) is 2.77. The fraction of sp³-hybridized carbons (Fsp3) is 0.409. The summed E-state index contributed by atoms with van der Waals surface area (Å²) in [5, 5.41) is 4.35. The van der Waals surface area contributed by atoms with Crippen LogP contribution in [0.15, 0.2) is 30.7 Å². The highest BCUT2D eigenvalue weighted by atomic mass is 16.5. The first-order valence-electron chi connectivity index (χ1n) is 10.4. The summed E-state index contributed by atoms with van der Waals surface area (Å²) in [5.41, 5.74) is 2.69. The number of benzene rings is 1. The second-order valence-electron chi connectivity index (χ2n) is 7.76. The zero-order chi connectivity index (χ0) is 21.8. The van der Waals surface area contributed by atoms with Crippen molar-refractivity contribution in [2.24, 2.45) is 0 Å². The highest BCUT2D eigenvalue weighted by Gasteiger charge is 2.16. The van der Waals surface area contributed by atoms with E-state index in [0.717, 1.165) is 34.6 Å². The lowest BCUT2D eigenvalue weighted by Crippen LogP contribution is -2.34. The van der Waals surface area contributed by atoms with Gasteiger partial charge in [-0.05, 0) is 31.2 Å². The van der Waals surface area contributed by atoms with Crippen LogP contribution >= 0.6 is 0 Å². The molecule has 1 aliphatic heterocycles. The molecular formula is C22H28N6O3. The van der Waals surface area contributed by atoms with Crippen molar-refractivity contribution in [1.29, 1.82) is 0 Å². The fourth-order valence-corrected chi connectivity index (χ4v) is 3.66. The molecule has 31 heavy (non-hydrogen) atoms. The number of nitrogens with zero attached hydrogens (tertiary/aromatic N) is 4. The summed E-state index contributed by atoms with van der Waals surface area (Å²) in [4.78, 5) is 28.5. The molecule has 4 rings (SSSR count). The normalized spacial score (nSPS) is 16.5. The Hall–Kier alpha value is -3.33. The third kappa shape index (κ3) is 4.72. The second kappa shape index (κ2) is 9.22. The van der Waals surface area contributed by atoms with E-state index in [9.17, 15) is 4.79 Å². The third-order valence-corrected chi connectivity index (χ3v) is 5.45. The van der Waals surface area contributed by atoms with E-state index in [1.54, 1.807) is 18.3 Å². The van der Waals surface area contributed by atoms with Crippen LogP contribution in [0.4, 0.5) is 11.5 Å². The van der Waals surface area contributed by atoms with E-state index in [4.69, 9.17) is 9.47 Å². The van der Waals surface area contributed by atoms with E-state index in [2.05, 4.69) is 25.2 Å². The van der Waals surface area contributed by atoms with Crippen LogP contribution in [0.3, 0.4) is 0 Å². The van der Waals surface area contributed by atoms with E-state index in [0.29, 0.717) is 44.0 Å². The van der Waals surface area contributed by atoms with Crippen LogP contribution in [0.2, 0.25) is 0 Å². The smallest absolute Gasteiger partial charge is 0.222 e. The van der Waals surface area contributed by atoms with Gasteiger partial charge in [-0.15, -0.1) is 0 Å². The van der Waals surface area contributed by atoms with Crippen molar-refractivity contribution < 1.29 is 14.3 Å². The highest BCUT2D eigenvalue weighted by molar-refractivity contribution is 5.92. The summed E-state index contributed by atoms with van der Waals surface area (Å²) < 4.78 is 11.4. The van der Waals surface area contributed by atoms with Crippen LogP contribution < -0.4 is 14.8 Å². The molecule has 0 fully saturated rings. The Morgan fingerprint density at radius 3 is 2.90 bits per heavy atom. The third-order valence-electron chi connectivity index (χ3n) is 5.45. The van der Waals surface area contributed by atoms with E-state index < -0.39 is 0 Å². The maximum atomic E-state index is 12.4. The van der Waals surface area contributed by atoms with Gasteiger partial charge >= 0.3 is 0 Å². The fourth-order valence-electron chi connectivity index (χ4n) is 3.66. The van der Waals surface area contributed by atoms with E-state index in [1.165, 1.54) is 0 Å². The Bertz CT molecular complexity index is 1070. The number of nitrogens with one attached hydrogen (secondary N) is 2. The van der Waals surface area contributed by atoms with Gasteiger partial charge in [0.2, 0.25) is 5.91 Å². The van der Waals surface area contributed by atoms with Gasteiger partial charge in [0.05, 0.1) is 19.1 Å². The van der Waals surface area contributed by atoms with Crippen LogP contribution in [0, 0.1) is 0 Å². The van der Waals surface area contributed by atoms with Crippen molar-refractivity contribution in [2.45, 2.75) is 19.4 Å². The molecule has 2 bridgehead atoms. The Balaban J connectivity index is 1.71.